The number of aromatic amines is 1. The minimum absolute atomic E-state index is 0.0167. The van der Waals surface area contributed by atoms with Gasteiger partial charge in [0.2, 0.25) is 0 Å². The van der Waals surface area contributed by atoms with E-state index in [1.165, 1.54) is 0 Å². The molecule has 1 unspecified atom stereocenters. The summed E-state index contributed by atoms with van der Waals surface area (Å²) in [6.45, 7) is 2.61. The lowest BCUT2D eigenvalue weighted by Crippen LogP contribution is -2.43. The first-order valence-corrected chi connectivity index (χ1v) is 6.42. The highest BCUT2D eigenvalue weighted by Gasteiger charge is 2.41. The van der Waals surface area contributed by atoms with Crippen molar-refractivity contribution in [2.75, 3.05) is 19.7 Å². The predicted octanol–water partition coefficient (Wildman–Crippen LogP) is 0.0506. The smallest absolute Gasteiger partial charge is 0.269 e. The van der Waals surface area contributed by atoms with Crippen LogP contribution in [0.4, 0.5) is 0 Å². The Morgan fingerprint density at radius 3 is 3.06 bits per heavy atom. The number of hydrogen-bond donors (Lipinski definition) is 3. The van der Waals surface area contributed by atoms with Gasteiger partial charge in [0, 0.05) is 6.20 Å². The highest BCUT2D eigenvalue weighted by atomic mass is 16.5. The molecule has 2 aliphatic rings. The van der Waals surface area contributed by atoms with Crippen LogP contribution in [0.2, 0.25) is 0 Å². The number of amides is 1. The molecule has 3 rings (SSSR count). The molecule has 0 radical (unpaired) electrons. The minimum Gasteiger partial charge on any atom is -0.373 e. The zero-order chi connectivity index (χ0) is 12.4. The molecule has 0 bridgehead atoms. The van der Waals surface area contributed by atoms with Gasteiger partial charge in [-0.15, -0.1) is 0 Å². The van der Waals surface area contributed by atoms with Crippen LogP contribution in [0.15, 0.2) is 12.3 Å². The number of carbonyl (C=O) groups excluding carboxylic acids is 1. The topological polar surface area (TPSA) is 79.0 Å². The molecule has 3 heterocycles. The standard InChI is InChI=1S/C12H18N4O2/c17-11(10-1-4-14-16-10)15-9-7-12(18-8-9)2-5-13-6-3-12/h1,4,9,13H,2-3,5-8H2,(H,14,16)(H,15,17). The molecule has 18 heavy (non-hydrogen) atoms. The van der Waals surface area contributed by atoms with E-state index in [1.807, 2.05) is 0 Å². The molecule has 0 saturated carbocycles. The lowest BCUT2D eigenvalue weighted by molar-refractivity contribution is -0.0194. The van der Waals surface area contributed by atoms with E-state index < -0.39 is 0 Å². The Morgan fingerprint density at radius 1 is 1.50 bits per heavy atom. The maximum absolute atomic E-state index is 11.9. The van der Waals surface area contributed by atoms with E-state index in [0.29, 0.717) is 12.3 Å². The quantitative estimate of drug-likeness (QED) is 0.693. The largest absolute Gasteiger partial charge is 0.373 e. The lowest BCUT2D eigenvalue weighted by atomic mass is 9.88. The Labute approximate surface area is 105 Å². The van der Waals surface area contributed by atoms with Crippen molar-refractivity contribution in [1.82, 2.24) is 20.8 Å². The maximum atomic E-state index is 11.9. The van der Waals surface area contributed by atoms with Gasteiger partial charge in [-0.2, -0.15) is 5.10 Å². The van der Waals surface area contributed by atoms with Gasteiger partial charge in [0.1, 0.15) is 5.69 Å². The fourth-order valence-electron chi connectivity index (χ4n) is 2.81. The third kappa shape index (κ3) is 2.26. The molecule has 1 atom stereocenters. The number of hydrogen-bond acceptors (Lipinski definition) is 4. The number of nitrogens with one attached hydrogen (secondary N) is 3. The second-order valence-electron chi connectivity index (χ2n) is 5.09. The molecular weight excluding hydrogens is 232 g/mol. The summed E-state index contributed by atoms with van der Waals surface area (Å²) < 4.78 is 5.93. The highest BCUT2D eigenvalue weighted by molar-refractivity contribution is 5.92. The summed E-state index contributed by atoms with van der Waals surface area (Å²) in [5.41, 5.74) is 0.484. The van der Waals surface area contributed by atoms with Crippen molar-refractivity contribution in [2.45, 2.75) is 30.9 Å². The van der Waals surface area contributed by atoms with Gasteiger partial charge in [0.15, 0.2) is 0 Å². The van der Waals surface area contributed by atoms with Crippen LogP contribution >= 0.6 is 0 Å². The SMILES string of the molecule is O=C(NC1COC2(CCNCC2)C1)c1ccn[nH]1. The molecule has 2 fully saturated rings. The van der Waals surface area contributed by atoms with Gasteiger partial charge >= 0.3 is 0 Å². The summed E-state index contributed by atoms with van der Waals surface area (Å²) in [7, 11) is 0. The summed E-state index contributed by atoms with van der Waals surface area (Å²) in [4.78, 5) is 11.9. The van der Waals surface area contributed by atoms with Crippen LogP contribution in [-0.2, 0) is 4.74 Å². The summed E-state index contributed by atoms with van der Waals surface area (Å²) in [6, 6.07) is 1.78. The highest BCUT2D eigenvalue weighted by Crippen LogP contribution is 2.33. The van der Waals surface area contributed by atoms with E-state index in [-0.39, 0.29) is 17.6 Å². The molecule has 1 amide bonds. The van der Waals surface area contributed by atoms with E-state index >= 15 is 0 Å². The van der Waals surface area contributed by atoms with E-state index in [1.54, 1.807) is 12.3 Å². The molecule has 1 aromatic rings. The molecule has 2 aliphatic heterocycles. The van der Waals surface area contributed by atoms with Crippen LogP contribution in [0.25, 0.3) is 0 Å². The summed E-state index contributed by atoms with van der Waals surface area (Å²) in [5, 5.41) is 12.8. The Hall–Kier alpha value is -1.40. The minimum atomic E-state index is -0.105. The molecular formula is C12H18N4O2. The second kappa shape index (κ2) is 4.70. The van der Waals surface area contributed by atoms with Crippen molar-refractivity contribution in [2.24, 2.45) is 0 Å². The summed E-state index contributed by atoms with van der Waals surface area (Å²) in [5.74, 6) is -0.105. The van der Waals surface area contributed by atoms with Crippen molar-refractivity contribution in [3.63, 3.8) is 0 Å². The average molecular weight is 250 g/mol. The molecule has 1 aromatic heterocycles. The maximum Gasteiger partial charge on any atom is 0.269 e. The molecule has 6 nitrogen and oxygen atoms in total. The molecule has 6 heteroatoms. The van der Waals surface area contributed by atoms with Gasteiger partial charge in [0.25, 0.3) is 5.91 Å². The summed E-state index contributed by atoms with van der Waals surface area (Å²) >= 11 is 0. The molecule has 98 valence electrons. The zero-order valence-corrected chi connectivity index (χ0v) is 10.2. The van der Waals surface area contributed by atoms with Gasteiger partial charge in [-0.1, -0.05) is 0 Å². The summed E-state index contributed by atoms with van der Waals surface area (Å²) in [6.07, 6.45) is 4.55. The number of ether oxygens (including phenoxy) is 1. The van der Waals surface area contributed by atoms with E-state index in [2.05, 4.69) is 20.8 Å². The second-order valence-corrected chi connectivity index (χ2v) is 5.09. The van der Waals surface area contributed by atoms with Crippen molar-refractivity contribution in [3.05, 3.63) is 18.0 Å². The predicted molar refractivity (Wildman–Crippen MR) is 65.2 cm³/mol. The van der Waals surface area contributed by atoms with Crippen LogP contribution in [0, 0.1) is 0 Å². The molecule has 0 aromatic carbocycles. The van der Waals surface area contributed by atoms with Gasteiger partial charge < -0.3 is 15.4 Å². The molecule has 0 aliphatic carbocycles. The van der Waals surface area contributed by atoms with Crippen molar-refractivity contribution in [3.8, 4) is 0 Å². The van der Waals surface area contributed by atoms with Crippen molar-refractivity contribution < 1.29 is 9.53 Å². The van der Waals surface area contributed by atoms with Crippen molar-refractivity contribution in [1.29, 1.82) is 0 Å². The Balaban J connectivity index is 1.57. The van der Waals surface area contributed by atoms with E-state index in [0.717, 1.165) is 32.4 Å². The lowest BCUT2D eigenvalue weighted by Gasteiger charge is -2.32. The molecule has 3 N–H and O–H groups in total. The third-order valence-corrected chi connectivity index (χ3v) is 3.80. The third-order valence-electron chi connectivity index (χ3n) is 3.80. The average Bonchev–Trinajstić information content (AvgIpc) is 3.01. The van der Waals surface area contributed by atoms with Crippen molar-refractivity contribution >= 4 is 5.91 Å². The van der Waals surface area contributed by atoms with E-state index in [9.17, 15) is 4.79 Å². The zero-order valence-electron chi connectivity index (χ0n) is 10.2. The van der Waals surface area contributed by atoms with Gasteiger partial charge in [0.05, 0.1) is 18.2 Å². The monoisotopic (exact) mass is 250 g/mol. The van der Waals surface area contributed by atoms with Crippen LogP contribution < -0.4 is 10.6 Å². The first-order valence-electron chi connectivity index (χ1n) is 6.42. The Bertz CT molecular complexity index is 412. The van der Waals surface area contributed by atoms with Gasteiger partial charge in [-0.25, -0.2) is 0 Å². The Kier molecular flexibility index (Phi) is 3.05. The number of carbonyl (C=O) groups is 1. The fraction of sp³-hybridized carbons (Fsp3) is 0.667. The van der Waals surface area contributed by atoms with Gasteiger partial charge in [-0.05, 0) is 38.4 Å². The number of piperidine rings is 1. The normalized spacial score (nSPS) is 26.3. The fourth-order valence-corrected chi connectivity index (χ4v) is 2.81. The first kappa shape index (κ1) is 11.7. The van der Waals surface area contributed by atoms with Crippen LogP contribution in [-0.4, -0.2) is 47.4 Å². The number of H-pyrrole nitrogens is 1. The van der Waals surface area contributed by atoms with Crippen LogP contribution in [0.1, 0.15) is 29.8 Å². The Morgan fingerprint density at radius 2 is 2.33 bits per heavy atom. The van der Waals surface area contributed by atoms with Crippen LogP contribution in [0.3, 0.4) is 0 Å². The number of nitrogens with zero attached hydrogens (tertiary/aromatic N) is 1. The van der Waals surface area contributed by atoms with Gasteiger partial charge in [-0.3, -0.25) is 9.89 Å². The molecule has 2 saturated heterocycles. The number of aromatic nitrogens is 2. The number of rotatable bonds is 2. The van der Waals surface area contributed by atoms with E-state index in [4.69, 9.17) is 4.74 Å². The first-order chi connectivity index (χ1) is 8.77. The van der Waals surface area contributed by atoms with Crippen LogP contribution in [0.5, 0.6) is 0 Å². The molecule has 1 spiro atoms.